The van der Waals surface area contributed by atoms with Gasteiger partial charge in [0.1, 0.15) is 6.61 Å². The molecule has 0 unspecified atom stereocenters. The maximum atomic E-state index is 12.9. The second-order valence-electron chi connectivity index (χ2n) is 6.47. The second-order valence-corrected chi connectivity index (χ2v) is 7.99. The summed E-state index contributed by atoms with van der Waals surface area (Å²) < 4.78 is 50.0. The van der Waals surface area contributed by atoms with Gasteiger partial charge < -0.3 is 9.47 Å². The number of carbonyl (C=O) groups excluding carboxylic acids is 1. The van der Waals surface area contributed by atoms with Crippen molar-refractivity contribution in [2.75, 3.05) is 11.9 Å². The van der Waals surface area contributed by atoms with Gasteiger partial charge in [0.25, 0.3) is 5.91 Å². The lowest BCUT2D eigenvalue weighted by molar-refractivity contribution is -0.137. The Labute approximate surface area is 178 Å². The molecule has 30 heavy (non-hydrogen) atoms. The summed E-state index contributed by atoms with van der Waals surface area (Å²) in [5.41, 5.74) is -0.441. The Hall–Kier alpha value is -2.78. The summed E-state index contributed by atoms with van der Waals surface area (Å²) in [6.07, 6.45) is -3.64. The second kappa shape index (κ2) is 8.16. The third-order valence-electron chi connectivity index (χ3n) is 4.32. The minimum absolute atomic E-state index is 0.0565. The summed E-state index contributed by atoms with van der Waals surface area (Å²) in [6.45, 7) is 0.0565. The van der Waals surface area contributed by atoms with E-state index in [9.17, 15) is 18.0 Å². The van der Waals surface area contributed by atoms with Crippen LogP contribution in [-0.4, -0.2) is 23.6 Å². The van der Waals surface area contributed by atoms with Crippen LogP contribution in [0.4, 0.5) is 18.3 Å². The van der Waals surface area contributed by atoms with Gasteiger partial charge in [-0.25, -0.2) is 4.98 Å². The van der Waals surface area contributed by atoms with Gasteiger partial charge in [0, 0.05) is 22.5 Å². The van der Waals surface area contributed by atoms with Gasteiger partial charge >= 0.3 is 6.18 Å². The molecule has 2 aromatic carbocycles. The molecule has 0 saturated heterocycles. The van der Waals surface area contributed by atoms with Crippen molar-refractivity contribution in [2.24, 2.45) is 0 Å². The Bertz CT molecular complexity index is 1090. The number of ether oxygens (including phenoxy) is 2. The van der Waals surface area contributed by atoms with Gasteiger partial charge in [-0.3, -0.25) is 10.1 Å². The van der Waals surface area contributed by atoms with Gasteiger partial charge in [-0.15, -0.1) is 11.3 Å². The van der Waals surface area contributed by atoms with Gasteiger partial charge in [-0.1, -0.05) is 23.7 Å². The first-order valence-corrected chi connectivity index (χ1v) is 9.99. The van der Waals surface area contributed by atoms with Crippen molar-refractivity contribution in [1.82, 2.24) is 4.98 Å². The van der Waals surface area contributed by atoms with Crippen LogP contribution >= 0.6 is 22.9 Å². The lowest BCUT2D eigenvalue weighted by atomic mass is 10.1. The molecule has 1 amide bonds. The van der Waals surface area contributed by atoms with E-state index < -0.39 is 23.8 Å². The summed E-state index contributed by atoms with van der Waals surface area (Å²) in [4.78, 5) is 17.2. The third kappa shape index (κ3) is 4.52. The van der Waals surface area contributed by atoms with E-state index in [1.807, 2.05) is 0 Å². The number of hydrogen-bond donors (Lipinski definition) is 1. The van der Waals surface area contributed by atoms with Crippen LogP contribution < -0.4 is 14.8 Å². The Kier molecular flexibility index (Phi) is 5.57. The van der Waals surface area contributed by atoms with Crippen LogP contribution in [0, 0.1) is 0 Å². The summed E-state index contributed by atoms with van der Waals surface area (Å²) in [6, 6.07) is 10.2. The highest BCUT2D eigenvalue weighted by Crippen LogP contribution is 2.34. The molecule has 1 N–H and O–H groups in total. The molecule has 0 bridgehead atoms. The molecule has 156 valence electrons. The topological polar surface area (TPSA) is 60.5 Å². The van der Waals surface area contributed by atoms with E-state index in [1.165, 1.54) is 12.3 Å². The summed E-state index contributed by atoms with van der Waals surface area (Å²) >= 11 is 7.20. The molecule has 2 heterocycles. The molecule has 1 aliphatic heterocycles. The van der Waals surface area contributed by atoms with Crippen molar-refractivity contribution in [3.05, 3.63) is 69.7 Å². The van der Waals surface area contributed by atoms with Crippen molar-refractivity contribution in [2.45, 2.75) is 18.7 Å². The smallest absolute Gasteiger partial charge is 0.416 e. The van der Waals surface area contributed by atoms with Crippen LogP contribution in [0.15, 0.2) is 48.7 Å². The number of fused-ring (bicyclic) bond motifs is 1. The molecule has 0 radical (unpaired) electrons. The van der Waals surface area contributed by atoms with Crippen LogP contribution in [0.3, 0.4) is 0 Å². The number of nitrogens with zero attached hydrogens (tertiary/aromatic N) is 1. The number of benzene rings is 2. The number of aromatic nitrogens is 1. The minimum Gasteiger partial charge on any atom is -0.485 e. The summed E-state index contributed by atoms with van der Waals surface area (Å²) in [5, 5.41) is 3.19. The van der Waals surface area contributed by atoms with Crippen LogP contribution in [0.2, 0.25) is 5.02 Å². The number of hydrogen-bond acceptors (Lipinski definition) is 5. The maximum absolute atomic E-state index is 12.9. The number of rotatable bonds is 4. The fraction of sp³-hybridized carbons (Fsp3) is 0.200. The standard InChI is InChI=1S/C20H14ClF3N2O3S/c21-14-6-5-12(20(22,23)24)7-11(14)8-13-9-25-19(30-13)26-18(27)17-10-28-15-3-1-2-4-16(15)29-17/h1-7,9,17H,8,10H2,(H,25,26,27)/t17-/m1/s1. The Morgan fingerprint density at radius 2 is 2.00 bits per heavy atom. The zero-order valence-corrected chi connectivity index (χ0v) is 16.8. The molecule has 0 fully saturated rings. The van der Waals surface area contributed by atoms with Gasteiger partial charge in [-0.2, -0.15) is 13.2 Å². The number of para-hydroxylation sites is 2. The summed E-state index contributed by atoms with van der Waals surface area (Å²) in [7, 11) is 0. The Morgan fingerprint density at radius 1 is 1.23 bits per heavy atom. The first kappa shape index (κ1) is 20.5. The van der Waals surface area contributed by atoms with Crippen LogP contribution in [-0.2, 0) is 17.4 Å². The highest BCUT2D eigenvalue weighted by atomic mass is 35.5. The predicted molar refractivity (Wildman–Crippen MR) is 106 cm³/mol. The van der Waals surface area contributed by atoms with Crippen LogP contribution in [0.1, 0.15) is 16.0 Å². The minimum atomic E-state index is -4.45. The molecule has 10 heteroatoms. The van der Waals surface area contributed by atoms with E-state index in [0.717, 1.165) is 23.5 Å². The van der Waals surface area contributed by atoms with E-state index in [-0.39, 0.29) is 18.1 Å². The molecule has 3 aromatic rings. The number of thiazole rings is 1. The fourth-order valence-electron chi connectivity index (χ4n) is 2.86. The summed E-state index contributed by atoms with van der Waals surface area (Å²) in [5.74, 6) is 0.612. The highest BCUT2D eigenvalue weighted by molar-refractivity contribution is 7.15. The van der Waals surface area contributed by atoms with E-state index in [2.05, 4.69) is 10.3 Å². The molecule has 1 atom stereocenters. The molecule has 0 spiro atoms. The SMILES string of the molecule is O=C(Nc1ncc(Cc2cc(C(F)(F)F)ccc2Cl)s1)[C@H]1COc2ccccc2O1. The number of anilines is 1. The molecule has 1 aliphatic rings. The van der Waals surface area contributed by atoms with Gasteiger partial charge in [-0.05, 0) is 35.9 Å². The first-order valence-electron chi connectivity index (χ1n) is 8.79. The normalized spacial score (nSPS) is 15.7. The lowest BCUT2D eigenvalue weighted by Gasteiger charge is -2.25. The maximum Gasteiger partial charge on any atom is 0.416 e. The van der Waals surface area contributed by atoms with E-state index in [0.29, 0.717) is 27.1 Å². The molecule has 0 saturated carbocycles. The average Bonchev–Trinajstić information content (AvgIpc) is 3.15. The van der Waals surface area contributed by atoms with Crippen molar-refractivity contribution >= 4 is 34.0 Å². The van der Waals surface area contributed by atoms with Crippen molar-refractivity contribution < 1.29 is 27.4 Å². The molecular weight excluding hydrogens is 441 g/mol. The van der Waals surface area contributed by atoms with E-state index >= 15 is 0 Å². The largest absolute Gasteiger partial charge is 0.485 e. The number of nitrogens with one attached hydrogen (secondary N) is 1. The highest BCUT2D eigenvalue weighted by Gasteiger charge is 2.31. The molecule has 1 aromatic heterocycles. The van der Waals surface area contributed by atoms with E-state index in [4.69, 9.17) is 21.1 Å². The number of amides is 1. The molecule has 4 rings (SSSR count). The van der Waals surface area contributed by atoms with Crippen molar-refractivity contribution in [3.8, 4) is 11.5 Å². The molecular formula is C20H14ClF3N2O3S. The fourth-order valence-corrected chi connectivity index (χ4v) is 3.88. The van der Waals surface area contributed by atoms with Crippen LogP contribution in [0.25, 0.3) is 0 Å². The quantitative estimate of drug-likeness (QED) is 0.589. The zero-order valence-electron chi connectivity index (χ0n) is 15.2. The average molecular weight is 455 g/mol. The van der Waals surface area contributed by atoms with Gasteiger partial charge in [0.05, 0.1) is 5.56 Å². The van der Waals surface area contributed by atoms with Crippen LogP contribution in [0.5, 0.6) is 11.5 Å². The Balaban J connectivity index is 1.42. The number of alkyl halides is 3. The number of halogens is 4. The van der Waals surface area contributed by atoms with Crippen molar-refractivity contribution in [1.29, 1.82) is 0 Å². The van der Waals surface area contributed by atoms with Gasteiger partial charge in [0.2, 0.25) is 6.10 Å². The van der Waals surface area contributed by atoms with Gasteiger partial charge in [0.15, 0.2) is 16.6 Å². The molecule has 5 nitrogen and oxygen atoms in total. The van der Waals surface area contributed by atoms with E-state index in [1.54, 1.807) is 24.3 Å². The third-order valence-corrected chi connectivity index (χ3v) is 5.60. The monoisotopic (exact) mass is 454 g/mol. The molecule has 0 aliphatic carbocycles. The first-order chi connectivity index (χ1) is 14.3. The lowest BCUT2D eigenvalue weighted by Crippen LogP contribution is -2.40. The predicted octanol–water partition coefficient (Wildman–Crippen LogP) is 5.18. The Morgan fingerprint density at radius 3 is 2.77 bits per heavy atom. The van der Waals surface area contributed by atoms with Crippen molar-refractivity contribution in [3.63, 3.8) is 0 Å². The number of carbonyl (C=O) groups is 1. The zero-order chi connectivity index (χ0) is 21.3.